The van der Waals surface area contributed by atoms with Crippen LogP contribution in [0.3, 0.4) is 0 Å². The lowest BCUT2D eigenvalue weighted by Gasteiger charge is -2.21. The van der Waals surface area contributed by atoms with Gasteiger partial charge in [-0.3, -0.25) is 9.78 Å². The minimum atomic E-state index is -4.47. The Balaban J connectivity index is 1.92. The number of amides is 1. The minimum absolute atomic E-state index is 0.282. The van der Waals surface area contributed by atoms with E-state index in [4.69, 9.17) is 11.6 Å². The van der Waals surface area contributed by atoms with E-state index in [9.17, 15) is 23.1 Å². The summed E-state index contributed by atoms with van der Waals surface area (Å²) in [5.41, 5.74) is 0.483. The second-order valence-corrected chi connectivity index (χ2v) is 8.81. The van der Waals surface area contributed by atoms with Crippen molar-refractivity contribution in [1.82, 2.24) is 10.3 Å². The van der Waals surface area contributed by atoms with E-state index < -0.39 is 29.4 Å². The number of carbonyl (C=O) groups excluding carboxylic acids is 1. The van der Waals surface area contributed by atoms with E-state index in [0.717, 1.165) is 10.6 Å². The molecule has 1 amide bonds. The van der Waals surface area contributed by atoms with E-state index in [0.29, 0.717) is 27.4 Å². The predicted octanol–water partition coefficient (Wildman–Crippen LogP) is 4.96. The first kappa shape index (κ1) is 24.7. The number of pyridine rings is 2. The number of benzene rings is 1. The average Bonchev–Trinajstić information content (AvgIpc) is 2.72. The monoisotopic (exact) mass is 478 g/mol. The van der Waals surface area contributed by atoms with Gasteiger partial charge in [0.25, 0.3) is 11.6 Å². The van der Waals surface area contributed by atoms with Crippen LogP contribution in [0, 0.1) is 0 Å². The van der Waals surface area contributed by atoms with Gasteiger partial charge in [0.2, 0.25) is 0 Å². The molecular formula is C24H24ClF3N3O2+. The molecule has 0 aliphatic rings. The molecule has 174 valence electrons. The van der Waals surface area contributed by atoms with Crippen LogP contribution >= 0.6 is 11.6 Å². The maximum atomic E-state index is 13.0. The number of aliphatic hydroxyl groups is 1. The van der Waals surface area contributed by atoms with Crippen molar-refractivity contribution in [3.63, 3.8) is 0 Å². The number of halogens is 4. The Labute approximate surface area is 194 Å². The van der Waals surface area contributed by atoms with Crippen LogP contribution in [0.1, 0.15) is 54.0 Å². The van der Waals surface area contributed by atoms with Crippen LogP contribution in [-0.4, -0.2) is 16.0 Å². The van der Waals surface area contributed by atoms with Crippen molar-refractivity contribution < 1.29 is 27.6 Å². The summed E-state index contributed by atoms with van der Waals surface area (Å²) in [7, 11) is 1.30. The van der Waals surface area contributed by atoms with Crippen LogP contribution in [-0.2, 0) is 18.8 Å². The summed E-state index contributed by atoms with van der Waals surface area (Å²) in [6.45, 7) is 4.89. The van der Waals surface area contributed by atoms with Crippen LogP contribution in [0.25, 0.3) is 11.3 Å². The number of nitrogens with one attached hydrogen (secondary N) is 1. The van der Waals surface area contributed by atoms with E-state index in [1.807, 2.05) is 0 Å². The first-order chi connectivity index (χ1) is 15.3. The van der Waals surface area contributed by atoms with E-state index >= 15 is 0 Å². The first-order valence-electron chi connectivity index (χ1n) is 10.1. The number of aryl methyl sites for hydroxylation is 1. The fourth-order valence-corrected chi connectivity index (χ4v) is 3.46. The summed E-state index contributed by atoms with van der Waals surface area (Å²) >= 11 is 5.92. The van der Waals surface area contributed by atoms with Gasteiger partial charge in [-0.25, -0.2) is 0 Å². The van der Waals surface area contributed by atoms with Gasteiger partial charge in [0.15, 0.2) is 6.20 Å². The normalized spacial score (nSPS) is 13.0. The number of carbonyl (C=O) groups is 1. The Morgan fingerprint density at radius 2 is 1.85 bits per heavy atom. The zero-order valence-electron chi connectivity index (χ0n) is 18.5. The lowest BCUT2D eigenvalue weighted by Crippen LogP contribution is -2.39. The molecule has 1 atom stereocenters. The molecule has 0 spiro atoms. The number of rotatable bonds is 5. The van der Waals surface area contributed by atoms with Gasteiger partial charge in [0.1, 0.15) is 7.05 Å². The number of hydrogen-bond donors (Lipinski definition) is 2. The molecular weight excluding hydrogens is 455 g/mol. The van der Waals surface area contributed by atoms with Gasteiger partial charge in [-0.1, -0.05) is 11.6 Å². The van der Waals surface area contributed by atoms with Crippen LogP contribution < -0.4 is 9.88 Å². The van der Waals surface area contributed by atoms with Gasteiger partial charge in [-0.2, -0.15) is 17.7 Å². The zero-order valence-corrected chi connectivity index (χ0v) is 19.3. The molecule has 0 fully saturated rings. The Bertz CT molecular complexity index is 1170. The molecule has 0 bridgehead atoms. The maximum absolute atomic E-state index is 13.0. The largest absolute Gasteiger partial charge is 0.477 e. The topological polar surface area (TPSA) is 66.1 Å². The van der Waals surface area contributed by atoms with Gasteiger partial charge < -0.3 is 10.4 Å². The van der Waals surface area contributed by atoms with Crippen molar-refractivity contribution in [3.05, 3.63) is 82.3 Å². The van der Waals surface area contributed by atoms with Crippen molar-refractivity contribution in [1.29, 1.82) is 0 Å². The highest BCUT2D eigenvalue weighted by Gasteiger charge is 2.39. The number of nitrogens with zero attached hydrogens (tertiary/aromatic N) is 2. The Morgan fingerprint density at radius 3 is 2.39 bits per heavy atom. The molecule has 5 nitrogen and oxygen atoms in total. The van der Waals surface area contributed by atoms with Gasteiger partial charge >= 0.3 is 6.18 Å². The lowest BCUT2D eigenvalue weighted by molar-refractivity contribution is -0.691. The summed E-state index contributed by atoms with van der Waals surface area (Å²) < 4.78 is 40.1. The number of aromatic nitrogens is 2. The van der Waals surface area contributed by atoms with Crippen molar-refractivity contribution in [3.8, 4) is 11.3 Å². The molecule has 33 heavy (non-hydrogen) atoms. The van der Waals surface area contributed by atoms with Crippen molar-refractivity contribution >= 4 is 17.5 Å². The maximum Gasteiger partial charge on any atom is 0.477 e. The molecule has 2 heterocycles. The van der Waals surface area contributed by atoms with Crippen molar-refractivity contribution in [2.45, 2.75) is 38.6 Å². The number of alkyl halides is 3. The molecule has 3 rings (SSSR count). The molecule has 9 heteroatoms. The third kappa shape index (κ3) is 5.89. The average molecular weight is 479 g/mol. The van der Waals surface area contributed by atoms with E-state index in [2.05, 4.69) is 10.3 Å². The van der Waals surface area contributed by atoms with Crippen LogP contribution in [0.2, 0.25) is 5.02 Å². The number of hydrogen-bond acceptors (Lipinski definition) is 3. The quantitative estimate of drug-likeness (QED) is 0.509. The molecule has 2 aromatic heterocycles. The predicted molar refractivity (Wildman–Crippen MR) is 118 cm³/mol. The molecule has 2 N–H and O–H groups in total. The molecule has 3 aromatic rings. The highest BCUT2D eigenvalue weighted by atomic mass is 35.5. The second kappa shape index (κ2) is 9.11. The Kier molecular flexibility index (Phi) is 6.81. The minimum Gasteiger partial charge on any atom is -0.386 e. The fourth-order valence-electron chi connectivity index (χ4n) is 3.35. The van der Waals surface area contributed by atoms with E-state index in [1.165, 1.54) is 25.5 Å². The zero-order chi connectivity index (χ0) is 24.6. The van der Waals surface area contributed by atoms with Gasteiger partial charge in [-0.15, -0.1) is 0 Å². The van der Waals surface area contributed by atoms with Crippen molar-refractivity contribution in [2.75, 3.05) is 0 Å². The van der Waals surface area contributed by atoms with Crippen molar-refractivity contribution in [2.24, 2.45) is 7.05 Å². The molecule has 0 aliphatic carbocycles. The molecule has 0 radical (unpaired) electrons. The molecule has 0 saturated carbocycles. The summed E-state index contributed by atoms with van der Waals surface area (Å²) in [5, 5.41) is 13.8. The van der Waals surface area contributed by atoms with Gasteiger partial charge in [0, 0.05) is 29.0 Å². The van der Waals surface area contributed by atoms with Crippen LogP contribution in [0.4, 0.5) is 13.2 Å². The van der Waals surface area contributed by atoms with E-state index in [1.54, 1.807) is 51.1 Å². The Morgan fingerprint density at radius 1 is 1.15 bits per heavy atom. The summed E-state index contributed by atoms with van der Waals surface area (Å²) in [6.07, 6.45) is -1.65. The van der Waals surface area contributed by atoms with Gasteiger partial charge in [-0.05, 0) is 62.7 Å². The molecule has 1 aromatic carbocycles. The molecule has 0 unspecified atom stereocenters. The lowest BCUT2D eigenvalue weighted by atomic mass is 9.92. The van der Waals surface area contributed by atoms with Gasteiger partial charge in [0.05, 0.1) is 22.4 Å². The molecule has 0 saturated heterocycles. The highest BCUT2D eigenvalue weighted by Crippen LogP contribution is 2.29. The van der Waals surface area contributed by atoms with Crippen LogP contribution in [0.15, 0.2) is 54.9 Å². The summed E-state index contributed by atoms with van der Waals surface area (Å²) in [4.78, 5) is 17.3. The van der Waals surface area contributed by atoms with Crippen LogP contribution in [0.5, 0.6) is 0 Å². The summed E-state index contributed by atoms with van der Waals surface area (Å²) in [6, 6.07) is 10.1. The molecule has 0 aliphatic heterocycles. The van der Waals surface area contributed by atoms with E-state index in [-0.39, 0.29) is 5.56 Å². The highest BCUT2D eigenvalue weighted by molar-refractivity contribution is 6.30. The third-order valence-corrected chi connectivity index (χ3v) is 5.44. The standard InChI is InChI=1S/C24H23ClF3N3O2/c1-14(15-5-8-21(24(26,27)28)31(4)13-15)30-22(32)17-9-16(10-18(11-17)23(2,3)33)20-7-6-19(25)12-29-20/h5-14,33H,1-4H3/p+1/t14-/m1/s1. The SMILES string of the molecule is C[C@@H](NC(=O)c1cc(-c2ccc(Cl)cn2)cc(C(C)(C)O)c1)c1ccc(C(F)(F)F)[n+](C)c1. The third-order valence-electron chi connectivity index (χ3n) is 5.22. The fraction of sp³-hybridized carbons (Fsp3) is 0.292. The summed E-state index contributed by atoms with van der Waals surface area (Å²) in [5.74, 6) is -0.439. The first-order valence-corrected chi connectivity index (χ1v) is 10.5. The smallest absolute Gasteiger partial charge is 0.386 e. The second-order valence-electron chi connectivity index (χ2n) is 8.37. The Hall–Kier alpha value is -2.97.